The van der Waals surface area contributed by atoms with Crippen LogP contribution in [0.3, 0.4) is 0 Å². The molecule has 7 heteroatoms. The highest BCUT2D eigenvalue weighted by molar-refractivity contribution is 5.91. The number of nitriles is 1. The Morgan fingerprint density at radius 2 is 2.00 bits per heavy atom. The van der Waals surface area contributed by atoms with Gasteiger partial charge in [-0.3, -0.25) is 4.79 Å². The third-order valence-electron chi connectivity index (χ3n) is 3.15. The highest BCUT2D eigenvalue weighted by Crippen LogP contribution is 2.26. The number of carbonyl (C=O) groups is 1. The van der Waals surface area contributed by atoms with Crippen molar-refractivity contribution in [2.45, 2.75) is 0 Å². The first-order valence-corrected chi connectivity index (χ1v) is 7.33. The third kappa shape index (κ3) is 5.25. The maximum atomic E-state index is 11.8. The van der Waals surface area contributed by atoms with Crippen molar-refractivity contribution in [3.8, 4) is 17.6 Å². The molecule has 2 aromatic carbocycles. The second kappa shape index (κ2) is 8.93. The lowest BCUT2D eigenvalue weighted by atomic mass is 10.2. The molecule has 0 unspecified atom stereocenters. The maximum Gasteiger partial charge on any atom is 0.265 e. The van der Waals surface area contributed by atoms with Gasteiger partial charge in [0.1, 0.15) is 0 Å². The van der Waals surface area contributed by atoms with E-state index in [0.29, 0.717) is 22.7 Å². The van der Waals surface area contributed by atoms with E-state index in [1.807, 2.05) is 6.07 Å². The molecule has 1 amide bonds. The van der Waals surface area contributed by atoms with E-state index in [9.17, 15) is 4.79 Å². The molecule has 0 saturated carbocycles. The minimum atomic E-state index is -0.375. The van der Waals surface area contributed by atoms with Gasteiger partial charge in [0, 0.05) is 11.3 Å². The first-order chi connectivity index (χ1) is 12.2. The summed E-state index contributed by atoms with van der Waals surface area (Å²) in [5.41, 5.74) is 1.72. The number of hydrogen-bond acceptors (Lipinski definition) is 6. The fourth-order valence-corrected chi connectivity index (χ4v) is 1.99. The van der Waals surface area contributed by atoms with Crippen LogP contribution in [0.2, 0.25) is 0 Å². The maximum absolute atomic E-state index is 11.8. The molecule has 0 aliphatic carbocycles. The molecule has 7 nitrogen and oxygen atoms in total. The van der Waals surface area contributed by atoms with Crippen LogP contribution in [0.5, 0.6) is 11.5 Å². The Kier molecular flexibility index (Phi) is 6.37. The van der Waals surface area contributed by atoms with Gasteiger partial charge in [-0.1, -0.05) is 11.2 Å². The number of methoxy groups -OCH3 is 2. The Bertz CT molecular complexity index is 812. The standard InChI is InChI=1S/C18H17N3O4/c1-23-16-7-6-14(9-17(16)24-2)11-20-25-12-18(22)21-15-5-3-4-13(8-15)10-19/h3-9,11H,12H2,1-2H3,(H,21,22)/b20-11-. The lowest BCUT2D eigenvalue weighted by Crippen LogP contribution is -2.17. The summed E-state index contributed by atoms with van der Waals surface area (Å²) in [5, 5.41) is 15.2. The molecule has 0 bridgehead atoms. The molecular formula is C18H17N3O4. The van der Waals surface area contributed by atoms with Gasteiger partial charge in [0.2, 0.25) is 0 Å². The van der Waals surface area contributed by atoms with Crippen molar-refractivity contribution < 1.29 is 19.1 Å². The molecular weight excluding hydrogens is 322 g/mol. The number of anilines is 1. The Hall–Kier alpha value is -3.53. The SMILES string of the molecule is COc1ccc(/C=N\OCC(=O)Nc2cccc(C#N)c2)cc1OC. The molecule has 0 aliphatic rings. The lowest BCUT2D eigenvalue weighted by Gasteiger charge is -2.07. The number of nitrogens with one attached hydrogen (secondary N) is 1. The largest absolute Gasteiger partial charge is 0.493 e. The van der Waals surface area contributed by atoms with Crippen LogP contribution < -0.4 is 14.8 Å². The van der Waals surface area contributed by atoms with Crippen LogP contribution in [0.4, 0.5) is 5.69 Å². The quantitative estimate of drug-likeness (QED) is 0.618. The second-order valence-electron chi connectivity index (χ2n) is 4.86. The number of ether oxygens (including phenoxy) is 2. The molecule has 128 valence electrons. The Morgan fingerprint density at radius 1 is 1.20 bits per heavy atom. The van der Waals surface area contributed by atoms with Crippen molar-refractivity contribution in [2.75, 3.05) is 26.1 Å². The molecule has 0 aromatic heterocycles. The number of hydrogen-bond donors (Lipinski definition) is 1. The number of benzene rings is 2. The van der Waals surface area contributed by atoms with Gasteiger partial charge in [0.15, 0.2) is 18.1 Å². The Labute approximate surface area is 145 Å². The molecule has 2 rings (SSSR count). The summed E-state index contributed by atoms with van der Waals surface area (Å²) in [7, 11) is 3.10. The van der Waals surface area contributed by atoms with Gasteiger partial charge in [0.25, 0.3) is 5.91 Å². The average molecular weight is 339 g/mol. The smallest absolute Gasteiger partial charge is 0.265 e. The summed E-state index contributed by atoms with van der Waals surface area (Å²) < 4.78 is 10.3. The Balaban J connectivity index is 1.86. The van der Waals surface area contributed by atoms with Crippen LogP contribution in [0.25, 0.3) is 0 Å². The van der Waals surface area contributed by atoms with Crippen molar-refractivity contribution in [1.29, 1.82) is 5.26 Å². The number of rotatable bonds is 7. The summed E-state index contributed by atoms with van der Waals surface area (Å²) in [6, 6.07) is 13.9. The molecule has 25 heavy (non-hydrogen) atoms. The van der Waals surface area contributed by atoms with Crippen LogP contribution in [0.15, 0.2) is 47.6 Å². The van der Waals surface area contributed by atoms with E-state index < -0.39 is 0 Å². The fourth-order valence-electron chi connectivity index (χ4n) is 1.99. The zero-order valence-electron chi connectivity index (χ0n) is 13.9. The van der Waals surface area contributed by atoms with Gasteiger partial charge in [-0.15, -0.1) is 0 Å². The fraction of sp³-hybridized carbons (Fsp3) is 0.167. The first-order valence-electron chi connectivity index (χ1n) is 7.33. The monoisotopic (exact) mass is 339 g/mol. The van der Waals surface area contributed by atoms with E-state index in [2.05, 4.69) is 10.5 Å². The van der Waals surface area contributed by atoms with Crippen molar-refractivity contribution in [3.63, 3.8) is 0 Å². The van der Waals surface area contributed by atoms with Gasteiger partial charge in [0.05, 0.1) is 32.1 Å². The van der Waals surface area contributed by atoms with Crippen LogP contribution in [0, 0.1) is 11.3 Å². The highest BCUT2D eigenvalue weighted by Gasteiger charge is 2.04. The summed E-state index contributed by atoms with van der Waals surface area (Å²) in [5.74, 6) is 0.806. The van der Waals surface area contributed by atoms with E-state index in [1.165, 1.54) is 6.21 Å². The number of oxime groups is 1. The minimum Gasteiger partial charge on any atom is -0.493 e. The minimum absolute atomic E-state index is 0.249. The number of nitrogens with zero attached hydrogens (tertiary/aromatic N) is 2. The summed E-state index contributed by atoms with van der Waals surface area (Å²) in [6.45, 7) is -0.249. The molecule has 1 N–H and O–H groups in total. The summed E-state index contributed by atoms with van der Waals surface area (Å²) in [4.78, 5) is 16.8. The molecule has 0 radical (unpaired) electrons. The van der Waals surface area contributed by atoms with E-state index >= 15 is 0 Å². The van der Waals surface area contributed by atoms with Crippen molar-refractivity contribution >= 4 is 17.8 Å². The normalized spacial score (nSPS) is 10.1. The molecule has 0 fully saturated rings. The van der Waals surface area contributed by atoms with Crippen molar-refractivity contribution in [1.82, 2.24) is 0 Å². The molecule has 0 heterocycles. The zero-order valence-corrected chi connectivity index (χ0v) is 13.9. The van der Waals surface area contributed by atoms with Crippen LogP contribution in [0.1, 0.15) is 11.1 Å². The highest BCUT2D eigenvalue weighted by atomic mass is 16.6. The molecule has 0 spiro atoms. The molecule has 2 aromatic rings. The van der Waals surface area contributed by atoms with E-state index in [-0.39, 0.29) is 12.5 Å². The summed E-state index contributed by atoms with van der Waals surface area (Å²) >= 11 is 0. The molecule has 0 aliphatic heterocycles. The van der Waals surface area contributed by atoms with Crippen LogP contribution in [-0.4, -0.2) is 32.9 Å². The van der Waals surface area contributed by atoms with Crippen LogP contribution >= 0.6 is 0 Å². The van der Waals surface area contributed by atoms with Gasteiger partial charge >= 0.3 is 0 Å². The molecule has 0 saturated heterocycles. The van der Waals surface area contributed by atoms with Gasteiger partial charge < -0.3 is 19.6 Å². The van der Waals surface area contributed by atoms with Crippen LogP contribution in [-0.2, 0) is 9.63 Å². The topological polar surface area (TPSA) is 92.9 Å². The predicted octanol–water partition coefficient (Wildman–Crippen LogP) is 2.56. The zero-order chi connectivity index (χ0) is 18.1. The average Bonchev–Trinajstić information content (AvgIpc) is 2.65. The molecule has 0 atom stereocenters. The first kappa shape index (κ1) is 17.8. The Morgan fingerprint density at radius 3 is 2.72 bits per heavy atom. The van der Waals surface area contributed by atoms with E-state index in [1.54, 1.807) is 56.7 Å². The van der Waals surface area contributed by atoms with E-state index in [4.69, 9.17) is 19.6 Å². The third-order valence-corrected chi connectivity index (χ3v) is 3.15. The van der Waals surface area contributed by atoms with E-state index in [0.717, 1.165) is 5.56 Å². The van der Waals surface area contributed by atoms with Gasteiger partial charge in [-0.25, -0.2) is 0 Å². The second-order valence-corrected chi connectivity index (χ2v) is 4.86. The summed E-state index contributed by atoms with van der Waals surface area (Å²) in [6.07, 6.45) is 1.46. The number of amides is 1. The van der Waals surface area contributed by atoms with Crippen molar-refractivity contribution in [2.24, 2.45) is 5.16 Å². The number of carbonyl (C=O) groups excluding carboxylic acids is 1. The van der Waals surface area contributed by atoms with Crippen molar-refractivity contribution in [3.05, 3.63) is 53.6 Å². The lowest BCUT2D eigenvalue weighted by molar-refractivity contribution is -0.120. The van der Waals surface area contributed by atoms with Gasteiger partial charge in [-0.2, -0.15) is 5.26 Å². The van der Waals surface area contributed by atoms with Gasteiger partial charge in [-0.05, 0) is 36.4 Å². The predicted molar refractivity (Wildman–Crippen MR) is 92.9 cm³/mol.